The lowest BCUT2D eigenvalue weighted by molar-refractivity contribution is -0.144. The number of nitrogens with one attached hydrogen (secondary N) is 1. The van der Waals surface area contributed by atoms with Crippen molar-refractivity contribution < 1.29 is 29.1 Å². The molecule has 0 aliphatic carbocycles. The Morgan fingerprint density at radius 1 is 1.06 bits per heavy atom. The Morgan fingerprint density at radius 2 is 1.68 bits per heavy atom. The van der Waals surface area contributed by atoms with Crippen molar-refractivity contribution in [2.45, 2.75) is 44.0 Å². The number of anilines is 1. The molecule has 0 saturated carbocycles. The first-order chi connectivity index (χ1) is 14.7. The molecule has 1 aromatic rings. The molecule has 0 bridgehead atoms. The van der Waals surface area contributed by atoms with Crippen molar-refractivity contribution in [3.63, 3.8) is 0 Å². The zero-order chi connectivity index (χ0) is 22.9. The molecule has 11 heteroatoms. The van der Waals surface area contributed by atoms with Crippen molar-refractivity contribution in [3.05, 3.63) is 30.1 Å². The smallest absolute Gasteiger partial charge is 0.451 e. The zero-order valence-corrected chi connectivity index (χ0v) is 17.7. The van der Waals surface area contributed by atoms with Gasteiger partial charge in [0.25, 0.3) is 0 Å². The van der Waals surface area contributed by atoms with Gasteiger partial charge in [0.2, 0.25) is 0 Å². The lowest BCUT2D eigenvalue weighted by atomic mass is 9.81. The number of carboxylic acids is 1. The summed E-state index contributed by atoms with van der Waals surface area (Å²) in [5.74, 6) is -1.40. The van der Waals surface area contributed by atoms with E-state index in [0.717, 1.165) is 0 Å². The van der Waals surface area contributed by atoms with E-state index in [1.807, 2.05) is 0 Å². The average molecular weight is 438 g/mol. The van der Waals surface area contributed by atoms with Crippen molar-refractivity contribution in [3.8, 4) is 0 Å². The minimum atomic E-state index is -1.38. The van der Waals surface area contributed by atoms with Gasteiger partial charge in [-0.1, -0.05) is 12.8 Å². The monoisotopic (exact) mass is 438 g/mol. The van der Waals surface area contributed by atoms with E-state index in [1.165, 1.54) is 24.3 Å². The predicted molar refractivity (Wildman–Crippen MR) is 116 cm³/mol. The maximum absolute atomic E-state index is 13.0. The number of rotatable bonds is 11. The molecule has 2 amide bonds. The maximum Gasteiger partial charge on any atom is 0.451 e. The Labute approximate surface area is 182 Å². The number of carboxylic acid groups (broad SMARTS) is 1. The number of amides is 2. The quantitative estimate of drug-likeness (QED) is 0.258. The molecule has 0 radical (unpaired) electrons. The molecule has 6 N–H and O–H groups in total. The Hall–Kier alpha value is -2.21. The Kier molecular flexibility index (Phi) is 9.69. The molecule has 172 valence electrons. The van der Waals surface area contributed by atoms with Gasteiger partial charge < -0.3 is 31.1 Å². The third kappa shape index (κ3) is 8.45. The summed E-state index contributed by atoms with van der Waals surface area (Å²) in [6.45, 7) is 3.13. The van der Waals surface area contributed by atoms with Crippen LogP contribution in [-0.2, 0) is 4.79 Å². The molecule has 1 aliphatic rings. The van der Waals surface area contributed by atoms with Crippen LogP contribution in [-0.4, -0.2) is 82.3 Å². The second-order valence-corrected chi connectivity index (χ2v) is 8.06. The van der Waals surface area contributed by atoms with Crippen molar-refractivity contribution >= 4 is 24.8 Å². The molecule has 1 fully saturated rings. The highest BCUT2D eigenvalue weighted by Crippen LogP contribution is 2.20. The zero-order valence-electron chi connectivity index (χ0n) is 17.7. The number of hydrogen-bond donors (Lipinski definition) is 5. The van der Waals surface area contributed by atoms with Gasteiger partial charge in [0.1, 0.15) is 11.4 Å². The number of carbonyl (C=O) groups is 2. The van der Waals surface area contributed by atoms with Crippen LogP contribution in [0.1, 0.15) is 32.1 Å². The highest BCUT2D eigenvalue weighted by molar-refractivity contribution is 6.40. The Morgan fingerprint density at radius 3 is 2.26 bits per heavy atom. The van der Waals surface area contributed by atoms with Gasteiger partial charge in [-0.05, 0) is 56.4 Å². The lowest BCUT2D eigenvalue weighted by Crippen LogP contribution is -2.51. The summed E-state index contributed by atoms with van der Waals surface area (Å²) >= 11 is 0. The van der Waals surface area contributed by atoms with Crippen LogP contribution in [0.3, 0.4) is 0 Å². The van der Waals surface area contributed by atoms with Crippen molar-refractivity contribution in [2.24, 2.45) is 5.73 Å². The van der Waals surface area contributed by atoms with Gasteiger partial charge in [-0.2, -0.15) is 0 Å². The van der Waals surface area contributed by atoms with Crippen LogP contribution >= 0.6 is 0 Å². The van der Waals surface area contributed by atoms with Gasteiger partial charge in [-0.25, -0.2) is 9.18 Å². The molecule has 1 saturated heterocycles. The number of halogens is 1. The first-order valence-electron chi connectivity index (χ1n) is 10.6. The minimum Gasteiger partial charge on any atom is -0.480 e. The van der Waals surface area contributed by atoms with E-state index >= 15 is 0 Å². The number of benzene rings is 1. The van der Waals surface area contributed by atoms with E-state index in [1.54, 1.807) is 4.90 Å². The third-order valence-electron chi connectivity index (χ3n) is 5.61. The SMILES string of the molecule is NC(CCCCB(O)O)(CCCN1CCN(C(=O)Nc2ccc(F)cc2)CC1)C(=O)O. The van der Waals surface area contributed by atoms with E-state index in [0.29, 0.717) is 64.1 Å². The maximum atomic E-state index is 13.0. The summed E-state index contributed by atoms with van der Waals surface area (Å²) in [5, 5.41) is 30.0. The summed E-state index contributed by atoms with van der Waals surface area (Å²) in [4.78, 5) is 27.8. The highest BCUT2D eigenvalue weighted by Gasteiger charge is 2.33. The summed E-state index contributed by atoms with van der Waals surface area (Å²) in [7, 11) is -1.38. The predicted octanol–water partition coefficient (Wildman–Crippen LogP) is 1.18. The summed E-state index contributed by atoms with van der Waals surface area (Å²) < 4.78 is 13.0. The van der Waals surface area contributed by atoms with Gasteiger partial charge in [0.15, 0.2) is 0 Å². The topological polar surface area (TPSA) is 139 Å². The molecular weight excluding hydrogens is 406 g/mol. The average Bonchev–Trinajstić information content (AvgIpc) is 2.73. The molecule has 9 nitrogen and oxygen atoms in total. The highest BCUT2D eigenvalue weighted by atomic mass is 19.1. The second kappa shape index (κ2) is 12.0. The van der Waals surface area contributed by atoms with E-state index in [-0.39, 0.29) is 24.6 Å². The third-order valence-corrected chi connectivity index (χ3v) is 5.61. The fourth-order valence-corrected chi connectivity index (χ4v) is 3.63. The number of nitrogens with zero attached hydrogens (tertiary/aromatic N) is 2. The molecule has 1 aliphatic heterocycles. The molecule has 1 heterocycles. The standard InChI is InChI=1S/C20H32BFN4O5/c22-16-4-6-17(7-5-16)24-19(29)26-14-12-25(13-15-26)11-3-9-20(23,18(27)28)8-1-2-10-21(30)31/h4-7,30-31H,1-3,8-15,23H2,(H,24,29)(H,27,28). The molecule has 1 unspecified atom stereocenters. The van der Waals surface area contributed by atoms with E-state index in [2.05, 4.69) is 10.2 Å². The molecule has 31 heavy (non-hydrogen) atoms. The summed E-state index contributed by atoms with van der Waals surface area (Å²) in [6.07, 6.45) is 2.46. The molecule has 1 atom stereocenters. The number of urea groups is 1. The van der Waals surface area contributed by atoms with Gasteiger partial charge >= 0.3 is 19.1 Å². The van der Waals surface area contributed by atoms with E-state index < -0.39 is 18.6 Å². The number of carbonyl (C=O) groups excluding carboxylic acids is 1. The van der Waals surface area contributed by atoms with Crippen molar-refractivity contribution in [1.82, 2.24) is 9.80 Å². The minimum absolute atomic E-state index is 0.203. The fourth-order valence-electron chi connectivity index (χ4n) is 3.63. The van der Waals surface area contributed by atoms with Crippen molar-refractivity contribution in [2.75, 3.05) is 38.0 Å². The van der Waals surface area contributed by atoms with Crippen LogP contribution in [0.4, 0.5) is 14.9 Å². The first kappa shape index (κ1) is 25.1. The Bertz CT molecular complexity index is 716. The second-order valence-electron chi connectivity index (χ2n) is 8.06. The van der Waals surface area contributed by atoms with Crippen LogP contribution in [0.5, 0.6) is 0 Å². The number of hydrogen-bond acceptors (Lipinski definition) is 6. The van der Waals surface area contributed by atoms with Gasteiger partial charge in [-0.3, -0.25) is 9.69 Å². The molecule has 0 aromatic heterocycles. The number of aliphatic carboxylic acids is 1. The van der Waals surface area contributed by atoms with Crippen LogP contribution in [0, 0.1) is 5.82 Å². The van der Waals surface area contributed by atoms with Crippen LogP contribution in [0.25, 0.3) is 0 Å². The number of unbranched alkanes of at least 4 members (excludes halogenated alkanes) is 1. The van der Waals surface area contributed by atoms with E-state index in [4.69, 9.17) is 15.8 Å². The van der Waals surface area contributed by atoms with Crippen molar-refractivity contribution in [1.29, 1.82) is 0 Å². The number of nitrogens with two attached hydrogens (primary N) is 1. The fraction of sp³-hybridized carbons (Fsp3) is 0.600. The first-order valence-corrected chi connectivity index (χ1v) is 10.6. The normalized spacial score (nSPS) is 16.6. The molecule has 2 rings (SSSR count). The lowest BCUT2D eigenvalue weighted by Gasteiger charge is -2.35. The molecule has 0 spiro atoms. The van der Waals surface area contributed by atoms with E-state index in [9.17, 15) is 19.1 Å². The summed E-state index contributed by atoms with van der Waals surface area (Å²) in [5.41, 5.74) is 5.31. The molecular formula is C20H32BFN4O5. The van der Waals surface area contributed by atoms with Gasteiger partial charge in [-0.15, -0.1) is 0 Å². The van der Waals surface area contributed by atoms with Crippen LogP contribution < -0.4 is 11.1 Å². The Balaban J connectivity index is 1.69. The summed E-state index contributed by atoms with van der Waals surface area (Å²) in [6, 6.07) is 5.37. The van der Waals surface area contributed by atoms with Crippen LogP contribution in [0.15, 0.2) is 24.3 Å². The van der Waals surface area contributed by atoms with Gasteiger partial charge in [0.05, 0.1) is 0 Å². The molecule has 1 aromatic carbocycles. The number of piperazine rings is 1. The van der Waals surface area contributed by atoms with Crippen LogP contribution in [0.2, 0.25) is 6.32 Å². The largest absolute Gasteiger partial charge is 0.480 e. The van der Waals surface area contributed by atoms with Gasteiger partial charge in [0, 0.05) is 31.9 Å².